The number of nitrogens with zero attached hydrogens (tertiary/aromatic N) is 4. The van der Waals surface area contributed by atoms with Crippen molar-refractivity contribution in [1.82, 2.24) is 15.0 Å². The number of carbonyl (C=O) groups excluding carboxylic acids is 1. The van der Waals surface area contributed by atoms with Crippen LogP contribution in [0.3, 0.4) is 0 Å². The summed E-state index contributed by atoms with van der Waals surface area (Å²) < 4.78 is 30.4. The van der Waals surface area contributed by atoms with Crippen molar-refractivity contribution in [3.05, 3.63) is 102 Å². The predicted molar refractivity (Wildman–Crippen MR) is 165 cm³/mol. The van der Waals surface area contributed by atoms with Crippen LogP contribution in [0.15, 0.2) is 85.1 Å². The van der Waals surface area contributed by atoms with Gasteiger partial charge in [-0.3, -0.25) is 14.4 Å². The van der Waals surface area contributed by atoms with Gasteiger partial charge in [-0.05, 0) is 55.4 Å². The zero-order chi connectivity index (χ0) is 30.4. The molecule has 3 aromatic carbocycles. The van der Waals surface area contributed by atoms with E-state index in [0.717, 1.165) is 16.9 Å². The number of benzene rings is 3. The molecule has 1 N–H and O–H groups in total. The zero-order valence-electron chi connectivity index (χ0n) is 24.9. The summed E-state index contributed by atoms with van der Waals surface area (Å²) in [7, 11) is -1.73. The van der Waals surface area contributed by atoms with Crippen molar-refractivity contribution in [2.75, 3.05) is 18.6 Å². The van der Waals surface area contributed by atoms with Gasteiger partial charge < -0.3 is 18.7 Å². The fourth-order valence-corrected chi connectivity index (χ4v) is 9.62. The summed E-state index contributed by atoms with van der Waals surface area (Å²) in [5, 5.41) is 18.7. The molecule has 1 amide bonds. The number of rotatable bonds is 9. The highest BCUT2D eigenvalue weighted by Gasteiger charge is 2.67. The van der Waals surface area contributed by atoms with Gasteiger partial charge in [-0.2, -0.15) is 0 Å². The van der Waals surface area contributed by atoms with E-state index < -0.39 is 31.6 Å². The van der Waals surface area contributed by atoms with Gasteiger partial charge in [-0.25, -0.2) is 0 Å². The molecule has 1 aromatic heterocycles. The van der Waals surface area contributed by atoms with Crippen LogP contribution in [0.5, 0.6) is 5.75 Å². The average Bonchev–Trinajstić information content (AvgIpc) is 3.66. The molecule has 2 aliphatic heterocycles. The molecule has 1 fully saturated rings. The lowest BCUT2D eigenvalue weighted by atomic mass is 9.82. The van der Waals surface area contributed by atoms with Crippen LogP contribution in [-0.2, 0) is 21.7 Å². The lowest BCUT2D eigenvalue weighted by molar-refractivity contribution is -0.145. The lowest BCUT2D eigenvalue weighted by Crippen LogP contribution is -2.44. The van der Waals surface area contributed by atoms with E-state index in [1.54, 1.807) is 29.8 Å². The minimum absolute atomic E-state index is 0.0961. The van der Waals surface area contributed by atoms with E-state index in [9.17, 15) is 9.90 Å². The molecular weight excluding hydrogens is 563 g/mol. The van der Waals surface area contributed by atoms with Crippen LogP contribution in [0.1, 0.15) is 36.1 Å². The van der Waals surface area contributed by atoms with E-state index in [1.807, 2.05) is 92.0 Å². The Morgan fingerprint density at radius 3 is 2.44 bits per heavy atom. The molecule has 0 radical (unpaired) electrons. The number of hydrogen-bond acceptors (Lipinski definition) is 6. The molecule has 5 atom stereocenters. The van der Waals surface area contributed by atoms with Crippen molar-refractivity contribution in [1.29, 1.82) is 0 Å². The number of aromatic nitrogens is 3. The molecule has 10 heteroatoms. The van der Waals surface area contributed by atoms with Crippen molar-refractivity contribution in [3.63, 3.8) is 0 Å². The number of aliphatic hydroxyl groups excluding tert-OH is 1. The first kappa shape index (κ1) is 29.2. The van der Waals surface area contributed by atoms with Gasteiger partial charge >= 0.3 is 0 Å². The van der Waals surface area contributed by atoms with E-state index in [4.69, 9.17) is 9.47 Å². The fourth-order valence-electron chi connectivity index (χ4n) is 7.08. The van der Waals surface area contributed by atoms with Crippen LogP contribution in [0, 0.1) is 5.92 Å². The molecular formula is C33H37FN4O4Si. The molecule has 224 valence electrons. The molecule has 4 aromatic rings. The molecule has 2 aliphatic rings. The lowest BCUT2D eigenvalue weighted by Gasteiger charge is -2.31. The van der Waals surface area contributed by atoms with Crippen LogP contribution < -0.4 is 9.64 Å². The van der Waals surface area contributed by atoms with Crippen LogP contribution in [0.25, 0.3) is 0 Å². The number of para-hydroxylation sites is 1. The Balaban J connectivity index is 1.33. The summed E-state index contributed by atoms with van der Waals surface area (Å²) in [5.74, 6) is -0.311. The highest BCUT2D eigenvalue weighted by Crippen LogP contribution is 2.61. The van der Waals surface area contributed by atoms with Gasteiger partial charge in [0.2, 0.25) is 8.41 Å². The Morgan fingerprint density at radius 2 is 1.79 bits per heavy atom. The van der Waals surface area contributed by atoms with Gasteiger partial charge in [-0.15, -0.1) is 5.10 Å². The molecule has 1 spiro atoms. The molecule has 3 heterocycles. The van der Waals surface area contributed by atoms with Gasteiger partial charge in [0.25, 0.3) is 5.91 Å². The number of ether oxygens (including phenoxy) is 2. The number of aliphatic hydroxyl groups is 1. The monoisotopic (exact) mass is 600 g/mol. The Kier molecular flexibility index (Phi) is 7.70. The van der Waals surface area contributed by atoms with Crippen molar-refractivity contribution < 1.29 is 23.5 Å². The topological polar surface area (TPSA) is 89.7 Å². The zero-order valence-corrected chi connectivity index (χ0v) is 25.9. The van der Waals surface area contributed by atoms with E-state index in [0.29, 0.717) is 30.0 Å². The Labute approximate surface area is 252 Å². The smallest absolute Gasteiger partial charge is 0.268 e. The first-order valence-corrected chi connectivity index (χ1v) is 17.6. The Hall–Kier alpha value is -3.86. The van der Waals surface area contributed by atoms with E-state index in [1.165, 1.54) is 0 Å². The maximum atomic E-state index is 16.2. The van der Waals surface area contributed by atoms with Crippen LogP contribution in [0.4, 0.5) is 15.5 Å². The van der Waals surface area contributed by atoms with Crippen molar-refractivity contribution in [3.8, 4) is 5.75 Å². The van der Waals surface area contributed by atoms with Crippen molar-refractivity contribution in [2.24, 2.45) is 5.92 Å². The standard InChI is InChI=1S/C33H37FN4O4Si/c1-22-31(43(3,4)34)30(17-18-37-20-28(35-36-37)26(21-39)23-11-7-5-8-12-23)42-33(22)27-19-25(41-2)15-16-29(27)38(32(33)40)24-13-9-6-10-14-24/h5-16,19-20,22,26,30-31,39H,17-18,21H2,1-4H3/t22-,26?,30+,31-,33+/m0/s1. The maximum absolute atomic E-state index is 16.2. The van der Waals surface area contributed by atoms with Gasteiger partial charge in [0, 0.05) is 35.5 Å². The highest BCUT2D eigenvalue weighted by atomic mass is 28.4. The molecule has 0 saturated carbocycles. The summed E-state index contributed by atoms with van der Waals surface area (Å²) in [6.45, 7) is 5.68. The largest absolute Gasteiger partial charge is 0.497 e. The third-order valence-corrected chi connectivity index (χ3v) is 11.5. The summed E-state index contributed by atoms with van der Waals surface area (Å²) in [5.41, 5.74) is 1.98. The molecule has 1 unspecified atom stereocenters. The summed E-state index contributed by atoms with van der Waals surface area (Å²) in [6.07, 6.45) is 1.76. The van der Waals surface area contributed by atoms with Crippen LogP contribution in [0.2, 0.25) is 18.6 Å². The number of halogens is 1. The Bertz CT molecular complexity index is 1600. The van der Waals surface area contributed by atoms with E-state index in [2.05, 4.69) is 10.3 Å². The molecule has 6 rings (SSSR count). The molecule has 0 aliphatic carbocycles. The molecule has 0 bridgehead atoms. The number of fused-ring (bicyclic) bond motifs is 2. The molecule has 43 heavy (non-hydrogen) atoms. The minimum Gasteiger partial charge on any atom is -0.497 e. The van der Waals surface area contributed by atoms with Crippen molar-refractivity contribution in [2.45, 2.75) is 56.1 Å². The first-order chi connectivity index (χ1) is 20.7. The molecule has 1 saturated heterocycles. The van der Waals surface area contributed by atoms with Crippen LogP contribution in [-0.4, -0.2) is 54.2 Å². The Morgan fingerprint density at radius 1 is 1.09 bits per heavy atom. The number of methoxy groups -OCH3 is 1. The predicted octanol–water partition coefficient (Wildman–Crippen LogP) is 5.95. The number of hydrogen-bond donors (Lipinski definition) is 1. The summed E-state index contributed by atoms with van der Waals surface area (Å²) in [6, 6.07) is 24.8. The second-order valence-electron chi connectivity index (χ2n) is 12.0. The van der Waals surface area contributed by atoms with E-state index in [-0.39, 0.29) is 18.4 Å². The SMILES string of the molecule is COc1ccc2c(c1)[C@@]1(O[C@H](CCn3cc(C(CO)c4ccccc4)nn3)[C@@H]([Si](C)(C)F)[C@@H]1C)C(=O)N2c1ccccc1. The second kappa shape index (κ2) is 11.3. The number of amides is 1. The number of carbonyl (C=O) groups is 1. The first-order valence-electron chi connectivity index (χ1n) is 14.7. The third kappa shape index (κ3) is 4.97. The van der Waals surface area contributed by atoms with E-state index >= 15 is 4.11 Å². The fraction of sp³-hybridized carbons (Fsp3) is 0.364. The third-order valence-electron chi connectivity index (χ3n) is 9.03. The minimum atomic E-state index is -3.32. The molecule has 8 nitrogen and oxygen atoms in total. The summed E-state index contributed by atoms with van der Waals surface area (Å²) in [4.78, 5) is 16.2. The van der Waals surface area contributed by atoms with Crippen LogP contribution >= 0.6 is 0 Å². The average molecular weight is 601 g/mol. The highest BCUT2D eigenvalue weighted by molar-refractivity contribution is 6.72. The normalized spacial score (nSPS) is 24.0. The summed E-state index contributed by atoms with van der Waals surface area (Å²) >= 11 is 0. The van der Waals surface area contributed by atoms with Gasteiger partial charge in [-0.1, -0.05) is 60.7 Å². The van der Waals surface area contributed by atoms with Gasteiger partial charge in [0.15, 0.2) is 5.60 Å². The van der Waals surface area contributed by atoms with Gasteiger partial charge in [0.05, 0.1) is 37.1 Å². The maximum Gasteiger partial charge on any atom is 0.268 e. The van der Waals surface area contributed by atoms with Gasteiger partial charge in [0.1, 0.15) is 5.75 Å². The second-order valence-corrected chi connectivity index (χ2v) is 15.8. The number of anilines is 2. The van der Waals surface area contributed by atoms with Crippen molar-refractivity contribution >= 4 is 25.7 Å². The quantitative estimate of drug-likeness (QED) is 0.189. The number of aryl methyl sites for hydroxylation is 1.